The van der Waals surface area contributed by atoms with Crippen LogP contribution in [0.3, 0.4) is 0 Å². The predicted molar refractivity (Wildman–Crippen MR) is 102 cm³/mol. The number of carbonyl (C=O) groups is 2. The van der Waals surface area contributed by atoms with Gasteiger partial charge in [0.1, 0.15) is 0 Å². The van der Waals surface area contributed by atoms with Gasteiger partial charge in [-0.1, -0.05) is 47.5 Å². The van der Waals surface area contributed by atoms with Gasteiger partial charge in [0.15, 0.2) is 6.61 Å². The van der Waals surface area contributed by atoms with Gasteiger partial charge in [-0.25, -0.2) is 4.79 Å². The van der Waals surface area contributed by atoms with Gasteiger partial charge in [0, 0.05) is 33.7 Å². The first-order valence-electron chi connectivity index (χ1n) is 7.98. The molecule has 1 heterocycles. The van der Waals surface area contributed by atoms with Crippen molar-refractivity contribution in [3.05, 3.63) is 69.8 Å². The Hall–Kier alpha value is -2.50. The summed E-state index contributed by atoms with van der Waals surface area (Å²) in [5, 5.41) is 4.57. The van der Waals surface area contributed by atoms with Gasteiger partial charge in [0.2, 0.25) is 0 Å². The lowest BCUT2D eigenvalue weighted by atomic mass is 10.1. The van der Waals surface area contributed by atoms with Crippen molar-refractivity contribution in [3.63, 3.8) is 0 Å². The number of aromatic amines is 1. The highest BCUT2D eigenvalue weighted by Gasteiger charge is 2.14. The van der Waals surface area contributed by atoms with Crippen molar-refractivity contribution in [2.45, 2.75) is 6.42 Å². The SMILES string of the molecule is O=C(COC(=O)c1c[nH]c2ccccc12)NCCc1ccc(Cl)cc1Cl. The molecule has 0 aliphatic rings. The van der Waals surface area contributed by atoms with Crippen molar-refractivity contribution in [1.29, 1.82) is 0 Å². The van der Waals surface area contributed by atoms with E-state index in [1.807, 2.05) is 30.3 Å². The highest BCUT2D eigenvalue weighted by Crippen LogP contribution is 2.21. The molecule has 7 heteroatoms. The maximum Gasteiger partial charge on any atom is 0.340 e. The molecule has 3 aromatic rings. The molecule has 26 heavy (non-hydrogen) atoms. The smallest absolute Gasteiger partial charge is 0.340 e. The van der Waals surface area contributed by atoms with Crippen LogP contribution in [-0.4, -0.2) is 30.0 Å². The third kappa shape index (κ3) is 4.36. The molecule has 0 aliphatic heterocycles. The van der Waals surface area contributed by atoms with Crippen molar-refractivity contribution in [3.8, 4) is 0 Å². The van der Waals surface area contributed by atoms with E-state index in [2.05, 4.69) is 10.3 Å². The Bertz CT molecular complexity index is 953. The number of amides is 1. The van der Waals surface area contributed by atoms with Crippen LogP contribution < -0.4 is 5.32 Å². The lowest BCUT2D eigenvalue weighted by molar-refractivity contribution is -0.124. The number of aromatic nitrogens is 1. The minimum Gasteiger partial charge on any atom is -0.452 e. The number of esters is 1. The average Bonchev–Trinajstić information content (AvgIpc) is 3.06. The van der Waals surface area contributed by atoms with Gasteiger partial charge in [-0.15, -0.1) is 0 Å². The van der Waals surface area contributed by atoms with E-state index in [4.69, 9.17) is 27.9 Å². The number of ether oxygens (including phenoxy) is 1. The average molecular weight is 391 g/mol. The van der Waals surface area contributed by atoms with Crippen LogP contribution in [0.2, 0.25) is 10.0 Å². The molecule has 0 spiro atoms. The van der Waals surface area contributed by atoms with Gasteiger partial charge in [-0.05, 0) is 30.2 Å². The first-order chi connectivity index (χ1) is 12.5. The summed E-state index contributed by atoms with van der Waals surface area (Å²) in [7, 11) is 0. The van der Waals surface area contributed by atoms with Crippen LogP contribution in [0.4, 0.5) is 0 Å². The molecule has 0 aliphatic carbocycles. The number of nitrogens with one attached hydrogen (secondary N) is 2. The molecule has 134 valence electrons. The van der Waals surface area contributed by atoms with Crippen LogP contribution in [0.25, 0.3) is 10.9 Å². The summed E-state index contributed by atoms with van der Waals surface area (Å²) in [6.07, 6.45) is 2.13. The molecule has 3 rings (SSSR count). The summed E-state index contributed by atoms with van der Waals surface area (Å²) in [4.78, 5) is 27.0. The number of carbonyl (C=O) groups excluding carboxylic acids is 2. The van der Waals surface area contributed by atoms with E-state index in [-0.39, 0.29) is 12.5 Å². The van der Waals surface area contributed by atoms with E-state index in [0.29, 0.717) is 28.6 Å². The van der Waals surface area contributed by atoms with Crippen molar-refractivity contribution in [2.24, 2.45) is 0 Å². The van der Waals surface area contributed by atoms with E-state index in [0.717, 1.165) is 16.5 Å². The predicted octanol–water partition coefficient (Wildman–Crippen LogP) is 3.99. The fourth-order valence-electron chi connectivity index (χ4n) is 2.56. The van der Waals surface area contributed by atoms with Gasteiger partial charge in [-0.3, -0.25) is 4.79 Å². The van der Waals surface area contributed by atoms with Crippen molar-refractivity contribution in [1.82, 2.24) is 10.3 Å². The van der Waals surface area contributed by atoms with Crippen LogP contribution in [0, 0.1) is 0 Å². The molecule has 0 fully saturated rings. The van der Waals surface area contributed by atoms with Crippen LogP contribution in [-0.2, 0) is 16.0 Å². The second-order valence-corrected chi connectivity index (χ2v) is 6.50. The summed E-state index contributed by atoms with van der Waals surface area (Å²) in [6.45, 7) is 0.0392. The standard InChI is InChI=1S/C19H16Cl2N2O3/c20-13-6-5-12(16(21)9-13)7-8-22-18(24)11-26-19(25)15-10-23-17-4-2-1-3-14(15)17/h1-6,9-10,23H,7-8,11H2,(H,22,24). The van der Waals surface area contributed by atoms with Crippen LogP contribution in [0.5, 0.6) is 0 Å². The Morgan fingerprint density at radius 2 is 1.92 bits per heavy atom. The zero-order valence-electron chi connectivity index (χ0n) is 13.7. The molecule has 0 unspecified atom stereocenters. The minimum atomic E-state index is -0.543. The summed E-state index contributed by atoms with van der Waals surface area (Å²) in [5.41, 5.74) is 2.12. The molecule has 0 radical (unpaired) electrons. The lowest BCUT2D eigenvalue weighted by Gasteiger charge is -2.08. The van der Waals surface area contributed by atoms with Crippen molar-refractivity contribution >= 4 is 46.0 Å². The van der Waals surface area contributed by atoms with Crippen molar-refractivity contribution < 1.29 is 14.3 Å². The molecule has 1 amide bonds. The van der Waals surface area contributed by atoms with Crippen molar-refractivity contribution in [2.75, 3.05) is 13.2 Å². The van der Waals surface area contributed by atoms with Crippen LogP contribution in [0.1, 0.15) is 15.9 Å². The molecule has 1 aromatic heterocycles. The normalized spacial score (nSPS) is 10.7. The highest BCUT2D eigenvalue weighted by molar-refractivity contribution is 6.35. The largest absolute Gasteiger partial charge is 0.452 e. The maximum atomic E-state index is 12.1. The van der Waals surface area contributed by atoms with E-state index in [9.17, 15) is 9.59 Å². The Morgan fingerprint density at radius 1 is 1.12 bits per heavy atom. The second kappa shape index (κ2) is 8.25. The third-order valence-corrected chi connectivity index (χ3v) is 4.46. The molecule has 0 saturated heterocycles. The summed E-state index contributed by atoms with van der Waals surface area (Å²) in [6, 6.07) is 12.6. The molecule has 5 nitrogen and oxygen atoms in total. The summed E-state index contributed by atoms with van der Waals surface area (Å²) >= 11 is 11.9. The quantitative estimate of drug-likeness (QED) is 0.625. The minimum absolute atomic E-state index is 0.341. The molecular formula is C19H16Cl2N2O3. The zero-order valence-corrected chi connectivity index (χ0v) is 15.2. The first-order valence-corrected chi connectivity index (χ1v) is 8.74. The van der Waals surface area contributed by atoms with Gasteiger partial charge in [0.05, 0.1) is 5.56 Å². The van der Waals surface area contributed by atoms with Gasteiger partial charge < -0.3 is 15.0 Å². The number of fused-ring (bicyclic) bond motifs is 1. The number of para-hydroxylation sites is 1. The van der Waals surface area contributed by atoms with Gasteiger partial charge in [0.25, 0.3) is 5.91 Å². The number of H-pyrrole nitrogens is 1. The maximum absolute atomic E-state index is 12.1. The summed E-state index contributed by atoms with van der Waals surface area (Å²) in [5.74, 6) is -0.915. The van der Waals surface area contributed by atoms with E-state index < -0.39 is 5.97 Å². The Morgan fingerprint density at radius 3 is 2.73 bits per heavy atom. The number of hydrogen-bond donors (Lipinski definition) is 2. The topological polar surface area (TPSA) is 71.2 Å². The van der Waals surface area contributed by atoms with Gasteiger partial charge >= 0.3 is 5.97 Å². The van der Waals surface area contributed by atoms with Crippen LogP contribution in [0.15, 0.2) is 48.7 Å². The summed E-state index contributed by atoms with van der Waals surface area (Å²) < 4.78 is 5.08. The molecule has 0 bridgehead atoms. The molecule has 0 saturated carbocycles. The number of rotatable bonds is 6. The van der Waals surface area contributed by atoms with Gasteiger partial charge in [-0.2, -0.15) is 0 Å². The van der Waals surface area contributed by atoms with E-state index in [1.54, 1.807) is 18.3 Å². The molecular weight excluding hydrogens is 375 g/mol. The molecule has 0 atom stereocenters. The van der Waals surface area contributed by atoms with Crippen LogP contribution >= 0.6 is 23.2 Å². The monoisotopic (exact) mass is 390 g/mol. The molecule has 2 aromatic carbocycles. The number of halogens is 2. The lowest BCUT2D eigenvalue weighted by Crippen LogP contribution is -2.30. The first kappa shape index (κ1) is 18.3. The molecule has 2 N–H and O–H groups in total. The Balaban J connectivity index is 1.47. The fraction of sp³-hybridized carbons (Fsp3) is 0.158. The number of hydrogen-bond acceptors (Lipinski definition) is 3. The Labute approximate surface area is 160 Å². The fourth-order valence-corrected chi connectivity index (χ4v) is 3.06. The van der Waals surface area contributed by atoms with E-state index in [1.165, 1.54) is 0 Å². The number of benzene rings is 2. The zero-order chi connectivity index (χ0) is 18.5. The Kier molecular flexibility index (Phi) is 5.81. The highest BCUT2D eigenvalue weighted by atomic mass is 35.5. The third-order valence-electron chi connectivity index (χ3n) is 3.88. The van der Waals surface area contributed by atoms with E-state index >= 15 is 0 Å². The second-order valence-electron chi connectivity index (χ2n) is 5.66.